The van der Waals surface area contributed by atoms with Crippen LogP contribution in [0.5, 0.6) is 5.75 Å². The summed E-state index contributed by atoms with van der Waals surface area (Å²) in [7, 11) is 0. The summed E-state index contributed by atoms with van der Waals surface area (Å²) < 4.78 is 30.4. The molecular weight excluding hydrogens is 324 g/mol. The fourth-order valence-electron chi connectivity index (χ4n) is 1.90. The van der Waals surface area contributed by atoms with Gasteiger partial charge in [0.15, 0.2) is 0 Å². The van der Waals surface area contributed by atoms with Gasteiger partial charge in [-0.15, -0.1) is 0 Å². The molecule has 0 saturated heterocycles. The second-order valence-corrected chi connectivity index (χ2v) is 5.06. The monoisotopic (exact) mass is 339 g/mol. The molecule has 1 amide bonds. The molecule has 1 aromatic heterocycles. The van der Waals surface area contributed by atoms with Crippen molar-refractivity contribution in [1.29, 1.82) is 0 Å². The van der Waals surface area contributed by atoms with Gasteiger partial charge in [-0.25, -0.2) is 4.79 Å². The molecule has 0 aliphatic rings. The number of carboxylic acids is 1. The smallest absolute Gasteiger partial charge is 0.387 e. The number of amides is 1. The molecule has 0 fully saturated rings. The van der Waals surface area contributed by atoms with Gasteiger partial charge in [0.1, 0.15) is 11.8 Å². The Bertz CT molecular complexity index is 761. The van der Waals surface area contributed by atoms with Gasteiger partial charge in [-0.3, -0.25) is 9.48 Å². The van der Waals surface area contributed by atoms with Crippen molar-refractivity contribution >= 4 is 17.6 Å². The SMILES string of the molecule is Cc1ccc(NC(=O)c2cnn(C(C)C(=O)O)c2)c(OC(F)F)c1. The first-order valence-electron chi connectivity index (χ1n) is 6.91. The molecule has 0 bridgehead atoms. The maximum Gasteiger partial charge on any atom is 0.387 e. The van der Waals surface area contributed by atoms with Crippen LogP contribution < -0.4 is 10.1 Å². The Labute approximate surface area is 135 Å². The van der Waals surface area contributed by atoms with Crippen molar-refractivity contribution in [3.8, 4) is 5.75 Å². The van der Waals surface area contributed by atoms with Crippen LogP contribution in [0.25, 0.3) is 0 Å². The molecule has 1 heterocycles. The Hall–Kier alpha value is -2.97. The van der Waals surface area contributed by atoms with E-state index in [4.69, 9.17) is 5.11 Å². The van der Waals surface area contributed by atoms with E-state index in [0.717, 1.165) is 4.68 Å². The third kappa shape index (κ3) is 4.06. The van der Waals surface area contributed by atoms with Gasteiger partial charge in [0.25, 0.3) is 5.91 Å². The van der Waals surface area contributed by atoms with Crippen LogP contribution in [-0.4, -0.2) is 33.4 Å². The Kier molecular flexibility index (Phi) is 5.12. The molecule has 0 radical (unpaired) electrons. The number of aryl methyl sites for hydroxylation is 1. The van der Waals surface area contributed by atoms with E-state index in [0.29, 0.717) is 5.56 Å². The van der Waals surface area contributed by atoms with E-state index in [9.17, 15) is 18.4 Å². The number of rotatable bonds is 6. The first-order chi connectivity index (χ1) is 11.3. The lowest BCUT2D eigenvalue weighted by molar-refractivity contribution is -0.140. The zero-order valence-corrected chi connectivity index (χ0v) is 12.9. The third-order valence-electron chi connectivity index (χ3n) is 3.22. The summed E-state index contributed by atoms with van der Waals surface area (Å²) in [6.45, 7) is 0.0777. The molecule has 1 atom stereocenters. The second kappa shape index (κ2) is 7.07. The highest BCUT2D eigenvalue weighted by atomic mass is 19.3. The number of alkyl halides is 2. The summed E-state index contributed by atoms with van der Waals surface area (Å²) in [6.07, 6.45) is 2.45. The zero-order chi connectivity index (χ0) is 17.9. The van der Waals surface area contributed by atoms with Crippen molar-refractivity contribution < 1.29 is 28.2 Å². The first kappa shape index (κ1) is 17.4. The van der Waals surface area contributed by atoms with Gasteiger partial charge in [-0.05, 0) is 31.5 Å². The van der Waals surface area contributed by atoms with Crippen molar-refractivity contribution in [3.63, 3.8) is 0 Å². The first-order valence-corrected chi connectivity index (χ1v) is 6.91. The van der Waals surface area contributed by atoms with E-state index in [-0.39, 0.29) is 17.0 Å². The topological polar surface area (TPSA) is 93.5 Å². The minimum Gasteiger partial charge on any atom is -0.480 e. The molecular formula is C15H15F2N3O4. The molecule has 0 saturated carbocycles. The van der Waals surface area contributed by atoms with E-state index in [1.54, 1.807) is 13.0 Å². The number of carbonyl (C=O) groups excluding carboxylic acids is 1. The van der Waals surface area contributed by atoms with Crippen LogP contribution in [0.2, 0.25) is 0 Å². The number of hydrogen-bond acceptors (Lipinski definition) is 4. The normalized spacial score (nSPS) is 12.0. The minimum absolute atomic E-state index is 0.0740. The van der Waals surface area contributed by atoms with Crippen molar-refractivity contribution in [2.75, 3.05) is 5.32 Å². The number of anilines is 1. The number of aromatic nitrogens is 2. The fourth-order valence-corrected chi connectivity index (χ4v) is 1.90. The summed E-state index contributed by atoms with van der Waals surface area (Å²) in [5.41, 5.74) is 0.850. The number of halogens is 2. The quantitative estimate of drug-likeness (QED) is 0.844. The van der Waals surface area contributed by atoms with Gasteiger partial charge in [-0.1, -0.05) is 6.07 Å². The van der Waals surface area contributed by atoms with Crippen LogP contribution in [0.15, 0.2) is 30.6 Å². The predicted octanol–water partition coefficient (Wildman–Crippen LogP) is 2.69. The highest BCUT2D eigenvalue weighted by Gasteiger charge is 2.18. The Balaban J connectivity index is 2.19. The van der Waals surface area contributed by atoms with Crippen LogP contribution in [0, 0.1) is 6.92 Å². The minimum atomic E-state index is -3.03. The average Bonchev–Trinajstić information content (AvgIpc) is 2.98. The fraction of sp³-hybridized carbons (Fsp3) is 0.267. The number of hydrogen-bond donors (Lipinski definition) is 2. The number of nitrogens with zero attached hydrogens (tertiary/aromatic N) is 2. The number of aliphatic carboxylic acids is 1. The third-order valence-corrected chi connectivity index (χ3v) is 3.22. The number of carboxylic acid groups (broad SMARTS) is 1. The Morgan fingerprint density at radius 2 is 2.08 bits per heavy atom. The van der Waals surface area contributed by atoms with Crippen molar-refractivity contribution in [2.24, 2.45) is 0 Å². The van der Waals surface area contributed by atoms with Crippen LogP contribution in [0.3, 0.4) is 0 Å². The summed E-state index contributed by atoms with van der Waals surface area (Å²) in [4.78, 5) is 23.1. The van der Waals surface area contributed by atoms with Crippen LogP contribution in [0.1, 0.15) is 28.9 Å². The van der Waals surface area contributed by atoms with Gasteiger partial charge in [0, 0.05) is 6.20 Å². The Morgan fingerprint density at radius 1 is 1.38 bits per heavy atom. The summed E-state index contributed by atoms with van der Waals surface area (Å²) in [5.74, 6) is -1.89. The predicted molar refractivity (Wildman–Crippen MR) is 80.3 cm³/mol. The van der Waals surface area contributed by atoms with Crippen LogP contribution in [-0.2, 0) is 4.79 Å². The average molecular weight is 339 g/mol. The van der Waals surface area contributed by atoms with Gasteiger partial charge < -0.3 is 15.2 Å². The van der Waals surface area contributed by atoms with E-state index in [1.807, 2.05) is 0 Å². The second-order valence-electron chi connectivity index (χ2n) is 5.06. The number of benzene rings is 1. The highest BCUT2D eigenvalue weighted by Crippen LogP contribution is 2.27. The lowest BCUT2D eigenvalue weighted by Gasteiger charge is -2.12. The number of carbonyl (C=O) groups is 2. The molecule has 1 aromatic carbocycles. The lowest BCUT2D eigenvalue weighted by atomic mass is 10.2. The summed E-state index contributed by atoms with van der Waals surface area (Å²) in [6, 6.07) is 3.50. The zero-order valence-electron chi connectivity index (χ0n) is 12.9. The molecule has 128 valence electrons. The summed E-state index contributed by atoms with van der Waals surface area (Å²) in [5, 5.41) is 15.2. The van der Waals surface area contributed by atoms with Crippen molar-refractivity contribution in [2.45, 2.75) is 26.5 Å². The molecule has 0 aliphatic carbocycles. The van der Waals surface area contributed by atoms with E-state index in [1.165, 1.54) is 31.5 Å². The Morgan fingerprint density at radius 3 is 2.71 bits per heavy atom. The summed E-state index contributed by atoms with van der Waals surface area (Å²) >= 11 is 0. The molecule has 0 aliphatic heterocycles. The molecule has 24 heavy (non-hydrogen) atoms. The lowest BCUT2D eigenvalue weighted by Crippen LogP contribution is -2.16. The van der Waals surface area contributed by atoms with Gasteiger partial charge in [-0.2, -0.15) is 13.9 Å². The molecule has 2 aromatic rings. The number of nitrogens with one attached hydrogen (secondary N) is 1. The molecule has 1 unspecified atom stereocenters. The van der Waals surface area contributed by atoms with E-state index in [2.05, 4.69) is 15.2 Å². The van der Waals surface area contributed by atoms with E-state index >= 15 is 0 Å². The largest absolute Gasteiger partial charge is 0.480 e. The highest BCUT2D eigenvalue weighted by molar-refractivity contribution is 6.04. The van der Waals surface area contributed by atoms with Gasteiger partial charge in [0.05, 0.1) is 17.4 Å². The molecule has 2 N–H and O–H groups in total. The van der Waals surface area contributed by atoms with Gasteiger partial charge in [0.2, 0.25) is 0 Å². The van der Waals surface area contributed by atoms with Crippen LogP contribution in [0.4, 0.5) is 14.5 Å². The number of ether oxygens (including phenoxy) is 1. The molecule has 0 spiro atoms. The molecule has 2 rings (SSSR count). The van der Waals surface area contributed by atoms with Crippen LogP contribution >= 0.6 is 0 Å². The van der Waals surface area contributed by atoms with Crippen molar-refractivity contribution in [1.82, 2.24) is 9.78 Å². The molecule has 9 heteroatoms. The van der Waals surface area contributed by atoms with Crippen molar-refractivity contribution in [3.05, 3.63) is 41.7 Å². The van der Waals surface area contributed by atoms with Gasteiger partial charge >= 0.3 is 12.6 Å². The maximum absolute atomic E-state index is 12.5. The molecule has 7 nitrogen and oxygen atoms in total. The maximum atomic E-state index is 12.5. The van der Waals surface area contributed by atoms with E-state index < -0.39 is 24.5 Å². The standard InChI is InChI=1S/C15H15F2N3O4/c1-8-3-4-11(12(5-8)24-15(16)17)19-13(21)10-6-18-20(7-10)9(2)14(22)23/h3-7,9,15H,1-2H3,(H,19,21)(H,22,23).